The fraction of sp³-hybridized carbons (Fsp3) is 0.286. The highest BCUT2D eigenvalue weighted by Crippen LogP contribution is 2.42. The van der Waals surface area contributed by atoms with E-state index >= 15 is 0 Å². The molecular formula is C28H30O2. The average Bonchev–Trinajstić information content (AvgIpc) is 2.81. The van der Waals surface area contributed by atoms with Crippen molar-refractivity contribution in [1.29, 1.82) is 0 Å². The third kappa shape index (κ3) is 3.30. The minimum atomic E-state index is 0.224. The summed E-state index contributed by atoms with van der Waals surface area (Å²) in [5.74, 6) is 0. The van der Waals surface area contributed by atoms with Crippen LogP contribution in [0.5, 0.6) is 0 Å². The molecule has 0 saturated carbocycles. The number of aliphatic hydroxyl groups excluding tert-OH is 2. The molecule has 5 aromatic rings. The second-order valence-electron chi connectivity index (χ2n) is 7.66. The van der Waals surface area contributed by atoms with E-state index in [2.05, 4.69) is 60.7 Å². The largest absolute Gasteiger partial charge is 0.396 e. The van der Waals surface area contributed by atoms with Crippen LogP contribution in [-0.2, 0) is 12.8 Å². The van der Waals surface area contributed by atoms with E-state index in [1.807, 2.05) is 13.8 Å². The third-order valence-corrected chi connectivity index (χ3v) is 6.05. The first-order valence-electron chi connectivity index (χ1n) is 11.1. The molecule has 0 atom stereocenters. The highest BCUT2D eigenvalue weighted by Gasteiger charge is 2.15. The van der Waals surface area contributed by atoms with Gasteiger partial charge in [0.25, 0.3) is 0 Å². The molecule has 0 aromatic heterocycles. The van der Waals surface area contributed by atoms with Crippen LogP contribution >= 0.6 is 0 Å². The van der Waals surface area contributed by atoms with Gasteiger partial charge in [0.2, 0.25) is 0 Å². The molecule has 0 bridgehead atoms. The lowest BCUT2D eigenvalue weighted by Crippen LogP contribution is -1.95. The maximum Gasteiger partial charge on any atom is 0.0434 e. The first-order valence-corrected chi connectivity index (χ1v) is 11.1. The Bertz CT molecular complexity index is 1160. The lowest BCUT2D eigenvalue weighted by atomic mass is 9.86. The van der Waals surface area contributed by atoms with Gasteiger partial charge in [-0.3, -0.25) is 0 Å². The summed E-state index contributed by atoms with van der Waals surface area (Å²) in [6.45, 7) is 4.45. The van der Waals surface area contributed by atoms with Gasteiger partial charge in [0, 0.05) is 13.2 Å². The normalized spacial score (nSPS) is 11.5. The van der Waals surface area contributed by atoms with Gasteiger partial charge in [0.1, 0.15) is 0 Å². The van der Waals surface area contributed by atoms with Crippen molar-refractivity contribution in [3.05, 3.63) is 71.8 Å². The minimum Gasteiger partial charge on any atom is -0.396 e. The Morgan fingerprint density at radius 1 is 0.500 bits per heavy atom. The summed E-state index contributed by atoms with van der Waals surface area (Å²) < 4.78 is 0. The highest BCUT2D eigenvalue weighted by atomic mass is 16.3. The van der Waals surface area contributed by atoms with Gasteiger partial charge in [-0.25, -0.2) is 0 Å². The highest BCUT2D eigenvalue weighted by molar-refractivity contribution is 6.33. The molecule has 0 fully saturated rings. The number of fused-ring (bicyclic) bond motifs is 2. The second-order valence-corrected chi connectivity index (χ2v) is 7.66. The van der Waals surface area contributed by atoms with Crippen molar-refractivity contribution in [2.75, 3.05) is 13.2 Å². The summed E-state index contributed by atoms with van der Waals surface area (Å²) in [6.07, 6.45) is 3.37. The van der Waals surface area contributed by atoms with Crippen LogP contribution in [-0.4, -0.2) is 23.4 Å². The maximum atomic E-state index is 9.27. The van der Waals surface area contributed by atoms with Crippen molar-refractivity contribution in [3.8, 4) is 0 Å². The molecule has 0 radical (unpaired) electrons. The Balaban J connectivity index is 0.00000106. The molecule has 0 aliphatic rings. The number of aryl methyl sites for hydroxylation is 2. The van der Waals surface area contributed by atoms with E-state index in [1.165, 1.54) is 54.2 Å². The summed E-state index contributed by atoms with van der Waals surface area (Å²) in [4.78, 5) is 0. The topological polar surface area (TPSA) is 40.5 Å². The fourth-order valence-electron chi connectivity index (χ4n) is 4.81. The van der Waals surface area contributed by atoms with E-state index in [9.17, 15) is 10.2 Å². The number of rotatable bonds is 6. The fourth-order valence-corrected chi connectivity index (χ4v) is 4.81. The van der Waals surface area contributed by atoms with Crippen LogP contribution in [0.25, 0.3) is 43.1 Å². The number of hydrogen-bond acceptors (Lipinski definition) is 2. The van der Waals surface area contributed by atoms with Crippen LogP contribution in [0, 0.1) is 0 Å². The first-order chi connectivity index (χ1) is 14.8. The van der Waals surface area contributed by atoms with Crippen molar-refractivity contribution in [3.63, 3.8) is 0 Å². The zero-order valence-electron chi connectivity index (χ0n) is 17.9. The molecule has 0 heterocycles. The zero-order chi connectivity index (χ0) is 21.1. The average molecular weight is 399 g/mol. The molecule has 0 aliphatic heterocycles. The van der Waals surface area contributed by atoms with E-state index in [0.717, 1.165) is 25.7 Å². The van der Waals surface area contributed by atoms with Gasteiger partial charge in [-0.15, -0.1) is 0 Å². The van der Waals surface area contributed by atoms with E-state index in [1.54, 1.807) is 0 Å². The van der Waals surface area contributed by atoms with Crippen LogP contribution < -0.4 is 0 Å². The summed E-state index contributed by atoms with van der Waals surface area (Å²) in [5.41, 5.74) is 2.62. The molecule has 2 heteroatoms. The number of aliphatic hydroxyl groups is 2. The molecule has 2 nitrogen and oxygen atoms in total. The standard InChI is InChI=1S/C26H24O2.C2H6/c27-15-3-5-17-11-14-24-22-10-2-8-20-18(6-4-16-28)12-13-23(26(20)22)21-9-1-7-19(17)25(21)24;1-2/h1-2,7-14,27-28H,3-6,15-16H2;1-2H3. The van der Waals surface area contributed by atoms with Crippen molar-refractivity contribution < 1.29 is 10.2 Å². The van der Waals surface area contributed by atoms with Gasteiger partial charge in [-0.05, 0) is 79.9 Å². The lowest BCUT2D eigenvalue weighted by Gasteiger charge is -2.17. The lowest BCUT2D eigenvalue weighted by molar-refractivity contribution is 0.288. The summed E-state index contributed by atoms with van der Waals surface area (Å²) in [7, 11) is 0. The molecule has 0 aliphatic carbocycles. The van der Waals surface area contributed by atoms with E-state index < -0.39 is 0 Å². The van der Waals surface area contributed by atoms with Crippen molar-refractivity contribution >= 4 is 43.1 Å². The van der Waals surface area contributed by atoms with Crippen LogP contribution in [0.2, 0.25) is 0 Å². The summed E-state index contributed by atoms with van der Waals surface area (Å²) in [6, 6.07) is 22.2. The van der Waals surface area contributed by atoms with Crippen LogP contribution in [0.15, 0.2) is 60.7 Å². The smallest absolute Gasteiger partial charge is 0.0434 e. The predicted octanol–water partition coefficient (Wildman–Crippen LogP) is 6.61. The molecular weight excluding hydrogens is 368 g/mol. The third-order valence-electron chi connectivity index (χ3n) is 6.05. The molecule has 0 amide bonds. The van der Waals surface area contributed by atoms with Crippen LogP contribution in [0.1, 0.15) is 37.8 Å². The first kappa shape index (κ1) is 20.6. The van der Waals surface area contributed by atoms with Crippen LogP contribution in [0.4, 0.5) is 0 Å². The van der Waals surface area contributed by atoms with Crippen LogP contribution in [0.3, 0.4) is 0 Å². The number of benzene rings is 5. The Morgan fingerprint density at radius 3 is 1.27 bits per heavy atom. The van der Waals surface area contributed by atoms with Gasteiger partial charge in [0.05, 0.1) is 0 Å². The Morgan fingerprint density at radius 2 is 0.867 bits per heavy atom. The van der Waals surface area contributed by atoms with Crippen molar-refractivity contribution in [1.82, 2.24) is 0 Å². The monoisotopic (exact) mass is 398 g/mol. The second kappa shape index (κ2) is 8.99. The summed E-state index contributed by atoms with van der Waals surface area (Å²) in [5, 5.41) is 29.0. The number of hydrogen-bond donors (Lipinski definition) is 2. The molecule has 154 valence electrons. The van der Waals surface area contributed by atoms with Gasteiger partial charge >= 0.3 is 0 Å². The van der Waals surface area contributed by atoms with E-state index in [0.29, 0.717) is 0 Å². The van der Waals surface area contributed by atoms with Gasteiger partial charge in [-0.2, -0.15) is 0 Å². The summed E-state index contributed by atoms with van der Waals surface area (Å²) >= 11 is 0. The van der Waals surface area contributed by atoms with Gasteiger partial charge in [-0.1, -0.05) is 74.5 Å². The Hall–Kier alpha value is -2.68. The van der Waals surface area contributed by atoms with Gasteiger partial charge < -0.3 is 10.2 Å². The van der Waals surface area contributed by atoms with Crippen molar-refractivity contribution in [2.45, 2.75) is 39.5 Å². The van der Waals surface area contributed by atoms with Crippen molar-refractivity contribution in [2.24, 2.45) is 0 Å². The molecule has 0 spiro atoms. The minimum absolute atomic E-state index is 0.224. The Labute approximate surface area is 178 Å². The predicted molar refractivity (Wildman–Crippen MR) is 130 cm³/mol. The van der Waals surface area contributed by atoms with E-state index in [4.69, 9.17) is 0 Å². The molecule has 30 heavy (non-hydrogen) atoms. The van der Waals surface area contributed by atoms with E-state index in [-0.39, 0.29) is 13.2 Å². The maximum absolute atomic E-state index is 9.27. The van der Waals surface area contributed by atoms with Gasteiger partial charge in [0.15, 0.2) is 0 Å². The molecule has 0 unspecified atom stereocenters. The molecule has 5 aromatic carbocycles. The zero-order valence-corrected chi connectivity index (χ0v) is 17.9. The SMILES string of the molecule is CC.OCCCc1ccc2c3cccc4c(CCCO)ccc(c5cccc1c52)c43. The quantitative estimate of drug-likeness (QED) is 0.249. The molecule has 5 rings (SSSR count). The molecule has 0 saturated heterocycles. The molecule has 2 N–H and O–H groups in total. The Kier molecular flexibility index (Phi) is 6.17.